The fourth-order valence-electron chi connectivity index (χ4n) is 4.20. The third-order valence-electron chi connectivity index (χ3n) is 5.38. The minimum atomic E-state index is 0.511. The number of hydrogen-bond acceptors (Lipinski definition) is 3. The Morgan fingerprint density at radius 3 is 2.60 bits per heavy atom. The van der Waals surface area contributed by atoms with Crippen LogP contribution in [0, 0.1) is 0 Å². The Hall–Kier alpha value is -1.17. The molecule has 0 amide bonds. The van der Waals surface area contributed by atoms with Crippen LogP contribution in [0.25, 0.3) is 0 Å². The first kappa shape index (κ1) is 18.6. The molecule has 0 aliphatic carbocycles. The van der Waals surface area contributed by atoms with Gasteiger partial charge in [-0.3, -0.25) is 4.90 Å². The van der Waals surface area contributed by atoms with E-state index in [1.807, 2.05) is 6.92 Å². The summed E-state index contributed by atoms with van der Waals surface area (Å²) in [6, 6.07) is 12.8. The van der Waals surface area contributed by atoms with Crippen molar-refractivity contribution in [3.05, 3.63) is 35.9 Å². The van der Waals surface area contributed by atoms with Crippen LogP contribution in [0.2, 0.25) is 0 Å². The molecule has 5 heteroatoms. The van der Waals surface area contributed by atoms with Gasteiger partial charge in [0.25, 0.3) is 0 Å². The Bertz CT molecular complexity index is 525. The van der Waals surface area contributed by atoms with Crippen LogP contribution in [0.1, 0.15) is 44.6 Å². The molecule has 1 aromatic carbocycles. The number of ether oxygens (including phenoxy) is 1. The lowest BCUT2D eigenvalue weighted by molar-refractivity contribution is 0.114. The minimum absolute atomic E-state index is 0.511. The Labute approximate surface area is 157 Å². The topological polar surface area (TPSA) is 36.5 Å². The van der Waals surface area contributed by atoms with Gasteiger partial charge in [-0.05, 0) is 56.8 Å². The Morgan fingerprint density at radius 2 is 1.92 bits per heavy atom. The molecule has 1 unspecified atom stereocenters. The van der Waals surface area contributed by atoms with Crippen molar-refractivity contribution in [1.29, 1.82) is 0 Å². The average molecular weight is 362 g/mol. The van der Waals surface area contributed by atoms with E-state index in [-0.39, 0.29) is 0 Å². The van der Waals surface area contributed by atoms with E-state index in [9.17, 15) is 0 Å². The van der Waals surface area contributed by atoms with Crippen LogP contribution in [-0.2, 0) is 11.3 Å². The molecule has 2 saturated heterocycles. The van der Waals surface area contributed by atoms with Gasteiger partial charge in [0, 0.05) is 44.4 Å². The number of hydrogen-bond donors (Lipinski definition) is 2. The van der Waals surface area contributed by atoms with Gasteiger partial charge >= 0.3 is 0 Å². The van der Waals surface area contributed by atoms with E-state index in [2.05, 4.69) is 45.9 Å². The third-order valence-corrected chi connectivity index (χ3v) is 5.64. The zero-order valence-electron chi connectivity index (χ0n) is 15.2. The molecular formula is C20H31N3OS. The van der Waals surface area contributed by atoms with Crippen molar-refractivity contribution in [3.8, 4) is 0 Å². The molecule has 2 bridgehead atoms. The van der Waals surface area contributed by atoms with Crippen LogP contribution in [0.4, 0.5) is 0 Å². The Morgan fingerprint density at radius 1 is 1.20 bits per heavy atom. The quantitative estimate of drug-likeness (QED) is 0.550. The summed E-state index contributed by atoms with van der Waals surface area (Å²) in [4.78, 5) is 2.71. The summed E-state index contributed by atoms with van der Waals surface area (Å²) in [5.41, 5.74) is 1.43. The molecule has 2 aliphatic rings. The van der Waals surface area contributed by atoms with Gasteiger partial charge in [-0.25, -0.2) is 0 Å². The summed E-state index contributed by atoms with van der Waals surface area (Å²) < 4.78 is 5.35. The summed E-state index contributed by atoms with van der Waals surface area (Å²) in [5.74, 6) is 0. The molecule has 2 N–H and O–H groups in total. The van der Waals surface area contributed by atoms with E-state index in [1.165, 1.54) is 31.2 Å². The van der Waals surface area contributed by atoms with E-state index >= 15 is 0 Å². The maximum absolute atomic E-state index is 5.47. The molecule has 25 heavy (non-hydrogen) atoms. The largest absolute Gasteiger partial charge is 0.382 e. The van der Waals surface area contributed by atoms with Gasteiger partial charge in [0.2, 0.25) is 0 Å². The van der Waals surface area contributed by atoms with Crippen molar-refractivity contribution in [1.82, 2.24) is 15.5 Å². The predicted octanol–water partition coefficient (Wildman–Crippen LogP) is 3.07. The molecule has 3 rings (SSSR count). The number of piperidine rings is 1. The molecule has 0 radical (unpaired) electrons. The molecule has 0 saturated carbocycles. The number of thiocarbonyl (C=S) groups is 1. The fourth-order valence-corrected chi connectivity index (χ4v) is 4.47. The van der Waals surface area contributed by atoms with E-state index in [0.717, 1.165) is 37.8 Å². The summed E-state index contributed by atoms with van der Waals surface area (Å²) in [7, 11) is 0. The van der Waals surface area contributed by atoms with Gasteiger partial charge < -0.3 is 15.4 Å². The number of rotatable bonds is 8. The van der Waals surface area contributed by atoms with Crippen LogP contribution in [0.3, 0.4) is 0 Å². The lowest BCUT2D eigenvalue weighted by atomic mass is 9.96. The number of nitrogens with zero attached hydrogens (tertiary/aromatic N) is 1. The Kier molecular flexibility index (Phi) is 7.08. The van der Waals surface area contributed by atoms with Crippen molar-refractivity contribution in [3.63, 3.8) is 0 Å². The second kappa shape index (κ2) is 9.51. The summed E-state index contributed by atoms with van der Waals surface area (Å²) in [6.07, 6.45) is 6.04. The summed E-state index contributed by atoms with van der Waals surface area (Å²) >= 11 is 5.47. The summed E-state index contributed by atoms with van der Waals surface area (Å²) in [6.45, 7) is 5.58. The van der Waals surface area contributed by atoms with Gasteiger partial charge in [-0.2, -0.15) is 0 Å². The van der Waals surface area contributed by atoms with Crippen LogP contribution >= 0.6 is 12.2 Å². The van der Waals surface area contributed by atoms with Crippen LogP contribution in [-0.4, -0.2) is 47.9 Å². The molecule has 2 aliphatic heterocycles. The second-order valence-electron chi connectivity index (χ2n) is 7.16. The highest BCUT2D eigenvalue weighted by Gasteiger charge is 2.40. The number of nitrogens with one attached hydrogen (secondary N) is 2. The average Bonchev–Trinajstić information content (AvgIpc) is 2.85. The molecule has 3 atom stereocenters. The Balaban J connectivity index is 1.41. The normalized spacial score (nSPS) is 25.7. The third kappa shape index (κ3) is 5.40. The van der Waals surface area contributed by atoms with Gasteiger partial charge in [0.15, 0.2) is 5.11 Å². The molecule has 0 aromatic heterocycles. The highest BCUT2D eigenvalue weighted by atomic mass is 32.1. The number of fused-ring (bicyclic) bond motifs is 2. The van der Waals surface area contributed by atoms with Crippen molar-refractivity contribution < 1.29 is 4.74 Å². The van der Waals surface area contributed by atoms with Crippen molar-refractivity contribution >= 4 is 17.3 Å². The van der Waals surface area contributed by atoms with Crippen LogP contribution < -0.4 is 10.6 Å². The highest BCUT2D eigenvalue weighted by Crippen LogP contribution is 2.36. The first-order valence-corrected chi connectivity index (χ1v) is 10.1. The standard InChI is InChI=1S/C20H31N3OS/c1-2-24-12-6-11-21-20(25)22-17-13-18-9-10-19(14-17)23(18)15-16-7-4-3-5-8-16/h3-5,7-8,17-19H,2,6,9-15H2,1H3,(H2,21,22,25)/t17?,18-,19+. The molecular weight excluding hydrogens is 330 g/mol. The molecule has 138 valence electrons. The van der Waals surface area contributed by atoms with Crippen molar-refractivity contribution in [2.45, 2.75) is 63.7 Å². The lowest BCUT2D eigenvalue weighted by Crippen LogP contribution is -2.51. The number of benzene rings is 1. The van der Waals surface area contributed by atoms with E-state index < -0.39 is 0 Å². The smallest absolute Gasteiger partial charge is 0.166 e. The molecule has 0 spiro atoms. The zero-order valence-corrected chi connectivity index (χ0v) is 16.1. The maximum Gasteiger partial charge on any atom is 0.166 e. The van der Waals surface area contributed by atoms with Crippen molar-refractivity contribution in [2.24, 2.45) is 0 Å². The monoisotopic (exact) mass is 361 g/mol. The fraction of sp³-hybridized carbons (Fsp3) is 0.650. The zero-order chi connectivity index (χ0) is 17.5. The van der Waals surface area contributed by atoms with Gasteiger partial charge in [0.1, 0.15) is 0 Å². The van der Waals surface area contributed by atoms with E-state index in [1.54, 1.807) is 0 Å². The van der Waals surface area contributed by atoms with Crippen molar-refractivity contribution in [2.75, 3.05) is 19.8 Å². The molecule has 1 aromatic rings. The molecule has 2 fully saturated rings. The van der Waals surface area contributed by atoms with Gasteiger partial charge in [-0.15, -0.1) is 0 Å². The van der Waals surface area contributed by atoms with Gasteiger partial charge in [0.05, 0.1) is 0 Å². The van der Waals surface area contributed by atoms with E-state index in [0.29, 0.717) is 18.1 Å². The molecule has 4 nitrogen and oxygen atoms in total. The summed E-state index contributed by atoms with van der Waals surface area (Å²) in [5, 5.41) is 7.67. The van der Waals surface area contributed by atoms with Crippen LogP contribution in [0.5, 0.6) is 0 Å². The maximum atomic E-state index is 5.47. The second-order valence-corrected chi connectivity index (χ2v) is 7.57. The van der Waals surface area contributed by atoms with E-state index in [4.69, 9.17) is 17.0 Å². The first-order chi connectivity index (χ1) is 12.3. The SMILES string of the molecule is CCOCCCNC(=S)NC1C[C@H]2CC[C@@H](C1)N2Cc1ccccc1. The minimum Gasteiger partial charge on any atom is -0.382 e. The first-order valence-electron chi connectivity index (χ1n) is 9.68. The highest BCUT2D eigenvalue weighted by molar-refractivity contribution is 7.80. The van der Waals surface area contributed by atoms with Gasteiger partial charge in [-0.1, -0.05) is 30.3 Å². The predicted molar refractivity (Wildman–Crippen MR) is 107 cm³/mol. The molecule has 2 heterocycles. The lowest BCUT2D eigenvalue weighted by Gasteiger charge is -2.39. The van der Waals surface area contributed by atoms with Crippen LogP contribution in [0.15, 0.2) is 30.3 Å².